The summed E-state index contributed by atoms with van der Waals surface area (Å²) in [4.78, 5) is 2.40. The van der Waals surface area contributed by atoms with Crippen molar-refractivity contribution in [3.63, 3.8) is 0 Å². The highest BCUT2D eigenvalue weighted by atomic mass is 32.1. The van der Waals surface area contributed by atoms with Crippen molar-refractivity contribution >= 4 is 81.3 Å². The van der Waals surface area contributed by atoms with Crippen LogP contribution in [0.2, 0.25) is 0 Å². The third-order valence-electron chi connectivity index (χ3n) is 13.7. The molecule has 2 heterocycles. The molecular formula is C61H41NOS. The molecule has 0 amide bonds. The normalized spacial score (nSPS) is 13.0. The first-order valence-electron chi connectivity index (χ1n) is 22.1. The van der Waals surface area contributed by atoms with E-state index >= 15 is 0 Å². The van der Waals surface area contributed by atoms with Gasteiger partial charge in [0.15, 0.2) is 0 Å². The first kappa shape index (κ1) is 36.9. The van der Waals surface area contributed by atoms with Crippen LogP contribution in [-0.4, -0.2) is 0 Å². The van der Waals surface area contributed by atoms with E-state index in [2.05, 4.69) is 231 Å². The summed E-state index contributed by atoms with van der Waals surface area (Å²) in [6, 6.07) is 77.7. The van der Waals surface area contributed by atoms with Crippen molar-refractivity contribution in [2.24, 2.45) is 0 Å². The Balaban J connectivity index is 0.975. The second-order valence-corrected chi connectivity index (χ2v) is 18.7. The molecule has 64 heavy (non-hydrogen) atoms. The Morgan fingerprint density at radius 3 is 1.89 bits per heavy atom. The quantitative estimate of drug-likeness (QED) is 0.166. The number of anilines is 3. The minimum absolute atomic E-state index is 0.138. The van der Waals surface area contributed by atoms with Gasteiger partial charge in [0.05, 0.1) is 0 Å². The predicted octanol–water partition coefficient (Wildman–Crippen LogP) is 17.9. The average Bonchev–Trinajstić information content (AvgIpc) is 3.98. The van der Waals surface area contributed by atoms with Crippen molar-refractivity contribution in [3.05, 3.63) is 223 Å². The predicted molar refractivity (Wildman–Crippen MR) is 273 cm³/mol. The molecule has 0 unspecified atom stereocenters. The summed E-state index contributed by atoms with van der Waals surface area (Å²) in [5.74, 6) is 0. The Bertz CT molecular complexity index is 3800. The van der Waals surface area contributed by atoms with Gasteiger partial charge in [0.2, 0.25) is 0 Å². The lowest BCUT2D eigenvalue weighted by molar-refractivity contribution is 0.660. The highest BCUT2D eigenvalue weighted by Crippen LogP contribution is 2.51. The smallest absolute Gasteiger partial charge is 0.143 e. The summed E-state index contributed by atoms with van der Waals surface area (Å²) in [5.41, 5.74) is 17.3. The molecule has 0 fully saturated rings. The van der Waals surface area contributed by atoms with Gasteiger partial charge >= 0.3 is 0 Å². The molecule has 0 radical (unpaired) electrons. The minimum atomic E-state index is -0.138. The van der Waals surface area contributed by atoms with Crippen LogP contribution in [0.1, 0.15) is 25.0 Å². The number of thiophene rings is 1. The second-order valence-electron chi connectivity index (χ2n) is 17.6. The molecule has 1 aliphatic carbocycles. The molecule has 3 heteroatoms. The molecular weight excluding hydrogens is 795 g/mol. The first-order valence-corrected chi connectivity index (χ1v) is 22.9. The van der Waals surface area contributed by atoms with Crippen molar-refractivity contribution < 1.29 is 4.42 Å². The number of fused-ring (bicyclic) bond motifs is 10. The largest absolute Gasteiger partial charge is 0.455 e. The number of hydrogen-bond acceptors (Lipinski definition) is 3. The fraction of sp³-hybridized carbons (Fsp3) is 0.0492. The highest BCUT2D eigenvalue weighted by Gasteiger charge is 2.36. The van der Waals surface area contributed by atoms with E-state index in [1.165, 1.54) is 75.5 Å². The number of benzene rings is 10. The van der Waals surface area contributed by atoms with Gasteiger partial charge in [-0.3, -0.25) is 0 Å². The van der Waals surface area contributed by atoms with Gasteiger partial charge in [-0.2, -0.15) is 0 Å². The summed E-state index contributed by atoms with van der Waals surface area (Å²) in [5, 5.41) is 7.21. The SMILES string of the molecule is CC1(C)c2ccccc2-c2ccc(N(c3ccc(-c4cccc5c4sc4ccccc45)cc3)c3ccc4c(c3)oc3c(-c5ccc(-c6ccccc6)cc5)c5ccccc5cc34)cc21. The maximum Gasteiger partial charge on any atom is 0.143 e. The number of hydrogen-bond donors (Lipinski definition) is 0. The van der Waals surface area contributed by atoms with Crippen LogP contribution in [0, 0.1) is 0 Å². The molecule has 0 saturated carbocycles. The van der Waals surface area contributed by atoms with Crippen LogP contribution in [0.5, 0.6) is 0 Å². The van der Waals surface area contributed by atoms with Crippen molar-refractivity contribution in [2.75, 3.05) is 4.90 Å². The van der Waals surface area contributed by atoms with Gasteiger partial charge in [0.1, 0.15) is 11.2 Å². The lowest BCUT2D eigenvalue weighted by Crippen LogP contribution is -2.16. The Labute approximate surface area is 375 Å². The van der Waals surface area contributed by atoms with E-state index in [0.717, 1.165) is 50.1 Å². The molecule has 0 spiro atoms. The van der Waals surface area contributed by atoms with Gasteiger partial charge in [0.25, 0.3) is 0 Å². The number of nitrogens with zero attached hydrogens (tertiary/aromatic N) is 1. The molecule has 2 aromatic heterocycles. The van der Waals surface area contributed by atoms with Crippen molar-refractivity contribution in [1.29, 1.82) is 0 Å². The Morgan fingerprint density at radius 1 is 0.406 bits per heavy atom. The fourth-order valence-electron chi connectivity index (χ4n) is 10.5. The van der Waals surface area contributed by atoms with Crippen molar-refractivity contribution in [1.82, 2.24) is 0 Å². The average molecular weight is 836 g/mol. The fourth-order valence-corrected chi connectivity index (χ4v) is 11.7. The Morgan fingerprint density at radius 2 is 1.03 bits per heavy atom. The van der Waals surface area contributed by atoms with Crippen LogP contribution < -0.4 is 4.90 Å². The van der Waals surface area contributed by atoms with Gasteiger partial charge in [-0.25, -0.2) is 0 Å². The monoisotopic (exact) mass is 835 g/mol. The van der Waals surface area contributed by atoms with Gasteiger partial charge in [-0.15, -0.1) is 11.3 Å². The molecule has 0 aliphatic heterocycles. The summed E-state index contributed by atoms with van der Waals surface area (Å²) in [7, 11) is 0. The van der Waals surface area contributed by atoms with Crippen LogP contribution in [0.15, 0.2) is 217 Å². The molecule has 0 saturated heterocycles. The molecule has 13 rings (SSSR count). The maximum atomic E-state index is 7.09. The maximum absolute atomic E-state index is 7.09. The lowest BCUT2D eigenvalue weighted by atomic mass is 9.82. The standard InChI is InChI=1S/C61H41NOS/c1-61(2)54-21-10-8-17-48(54)49-33-31-44(36-55(49)61)62(43-29-27-40(28-30-43)47-19-12-20-52-51-18-9-11-22-57(51)64-60(47)52)45-32-34-50-53-35-42-15-6-7-16-46(42)58(59(53)63-56(50)37-45)41-25-23-39(24-26-41)38-13-4-3-5-14-38/h3-37H,1-2H3. The third-order valence-corrected chi connectivity index (χ3v) is 14.9. The molecule has 302 valence electrons. The van der Waals surface area contributed by atoms with Gasteiger partial charge in [-0.05, 0) is 109 Å². The van der Waals surface area contributed by atoms with E-state index in [9.17, 15) is 0 Å². The van der Waals surface area contributed by atoms with Crippen LogP contribution >= 0.6 is 11.3 Å². The van der Waals surface area contributed by atoms with Crippen LogP contribution in [-0.2, 0) is 5.41 Å². The summed E-state index contributed by atoms with van der Waals surface area (Å²) >= 11 is 1.87. The molecule has 10 aromatic carbocycles. The summed E-state index contributed by atoms with van der Waals surface area (Å²) in [6.45, 7) is 4.71. The van der Waals surface area contributed by atoms with Crippen molar-refractivity contribution in [2.45, 2.75) is 19.3 Å². The van der Waals surface area contributed by atoms with E-state index in [0.29, 0.717) is 0 Å². The first-order chi connectivity index (χ1) is 31.5. The Hall–Kier alpha value is -7.72. The molecule has 0 bridgehead atoms. The topological polar surface area (TPSA) is 16.4 Å². The third kappa shape index (κ3) is 5.64. The van der Waals surface area contributed by atoms with E-state index in [1.807, 2.05) is 11.3 Å². The zero-order valence-electron chi connectivity index (χ0n) is 35.5. The van der Waals surface area contributed by atoms with E-state index in [1.54, 1.807) is 0 Å². The lowest BCUT2D eigenvalue weighted by Gasteiger charge is -2.28. The number of furan rings is 1. The Kier molecular flexibility index (Phi) is 8.16. The summed E-state index contributed by atoms with van der Waals surface area (Å²) in [6.07, 6.45) is 0. The highest BCUT2D eigenvalue weighted by molar-refractivity contribution is 7.26. The van der Waals surface area contributed by atoms with Crippen LogP contribution in [0.3, 0.4) is 0 Å². The number of rotatable bonds is 6. The van der Waals surface area contributed by atoms with E-state index < -0.39 is 0 Å². The molecule has 1 aliphatic rings. The summed E-state index contributed by atoms with van der Waals surface area (Å²) < 4.78 is 9.73. The zero-order valence-corrected chi connectivity index (χ0v) is 36.3. The van der Waals surface area contributed by atoms with E-state index in [4.69, 9.17) is 4.42 Å². The molecule has 0 atom stereocenters. The zero-order chi connectivity index (χ0) is 42.5. The van der Waals surface area contributed by atoms with Gasteiger partial charge in [0, 0.05) is 65.1 Å². The second kappa shape index (κ2) is 14.2. The molecule has 2 nitrogen and oxygen atoms in total. The minimum Gasteiger partial charge on any atom is -0.455 e. The van der Waals surface area contributed by atoms with E-state index in [-0.39, 0.29) is 5.41 Å². The van der Waals surface area contributed by atoms with Gasteiger partial charge in [-0.1, -0.05) is 172 Å². The molecule has 0 N–H and O–H groups in total. The van der Waals surface area contributed by atoms with Crippen LogP contribution in [0.4, 0.5) is 17.1 Å². The van der Waals surface area contributed by atoms with Crippen molar-refractivity contribution in [3.8, 4) is 44.5 Å². The van der Waals surface area contributed by atoms with Crippen LogP contribution in [0.25, 0.3) is 97.4 Å². The van der Waals surface area contributed by atoms with Gasteiger partial charge < -0.3 is 9.32 Å². The molecule has 12 aromatic rings.